The smallest absolute Gasteiger partial charge is 0.441 e. The fourth-order valence-corrected chi connectivity index (χ4v) is 2.76. The molecule has 0 radical (unpaired) electrons. The maximum Gasteiger partial charge on any atom is 0.441 e. The van der Waals surface area contributed by atoms with E-state index in [0.29, 0.717) is 6.54 Å². The maximum absolute atomic E-state index is 12.3. The van der Waals surface area contributed by atoms with Crippen LogP contribution in [0.1, 0.15) is 31.1 Å². The lowest BCUT2D eigenvalue weighted by atomic mass is 10.0. The van der Waals surface area contributed by atoms with E-state index in [1.54, 1.807) is 0 Å². The standard InChI is InChI=1S/C21H23N3O3/c1-15(24(3)14-17-10-6-4-7-11-17)20(18-12-8-5-9-13-18)27-21(26)19(23-22)16(2)25/h4-13,15,20H,14H2,1-3H3/t15-,20-/m0/s1. The van der Waals surface area contributed by atoms with Crippen molar-refractivity contribution in [3.63, 3.8) is 0 Å². The zero-order valence-corrected chi connectivity index (χ0v) is 15.7. The summed E-state index contributed by atoms with van der Waals surface area (Å²) in [5, 5.41) is 0. The van der Waals surface area contributed by atoms with E-state index in [1.807, 2.05) is 74.6 Å². The summed E-state index contributed by atoms with van der Waals surface area (Å²) in [7, 11) is 1.94. The highest BCUT2D eigenvalue weighted by Crippen LogP contribution is 2.25. The van der Waals surface area contributed by atoms with E-state index >= 15 is 0 Å². The van der Waals surface area contributed by atoms with Crippen LogP contribution in [0.25, 0.3) is 5.53 Å². The number of Topliss-reactive ketones (excluding diaryl/α,β-unsaturated/α-hetero) is 1. The normalized spacial score (nSPS) is 12.7. The Morgan fingerprint density at radius 3 is 2.15 bits per heavy atom. The number of hydrogen-bond donors (Lipinski definition) is 0. The summed E-state index contributed by atoms with van der Waals surface area (Å²) in [6.45, 7) is 3.76. The summed E-state index contributed by atoms with van der Waals surface area (Å²) < 4.78 is 5.58. The van der Waals surface area contributed by atoms with Gasteiger partial charge in [-0.15, -0.1) is 0 Å². The fraction of sp³-hybridized carbons (Fsp3) is 0.286. The SMILES string of the molecule is CC(=O)C(=[N+]=[N-])C(=O)O[C@H](c1ccccc1)[C@H](C)N(C)Cc1ccccc1. The summed E-state index contributed by atoms with van der Waals surface area (Å²) in [4.78, 5) is 28.7. The molecule has 0 aliphatic heterocycles. The minimum atomic E-state index is -0.946. The van der Waals surface area contributed by atoms with Crippen LogP contribution in [0.3, 0.4) is 0 Å². The van der Waals surface area contributed by atoms with Crippen molar-refractivity contribution in [1.82, 2.24) is 4.90 Å². The van der Waals surface area contributed by atoms with Crippen molar-refractivity contribution in [3.05, 3.63) is 77.3 Å². The molecule has 0 heterocycles. The lowest BCUT2D eigenvalue weighted by Gasteiger charge is -2.31. The van der Waals surface area contributed by atoms with Gasteiger partial charge in [-0.2, -0.15) is 4.79 Å². The van der Waals surface area contributed by atoms with Crippen LogP contribution in [0.2, 0.25) is 0 Å². The average molecular weight is 365 g/mol. The second-order valence-corrected chi connectivity index (χ2v) is 6.38. The lowest BCUT2D eigenvalue weighted by Crippen LogP contribution is -2.38. The molecule has 0 aliphatic rings. The van der Waals surface area contributed by atoms with E-state index < -0.39 is 23.6 Å². The van der Waals surface area contributed by atoms with Crippen LogP contribution < -0.4 is 0 Å². The summed E-state index contributed by atoms with van der Waals surface area (Å²) in [6, 6.07) is 19.1. The number of carbonyl (C=O) groups is 2. The average Bonchev–Trinajstić information content (AvgIpc) is 2.67. The van der Waals surface area contributed by atoms with E-state index in [0.717, 1.165) is 18.1 Å². The molecule has 0 saturated carbocycles. The third kappa shape index (κ3) is 5.45. The summed E-state index contributed by atoms with van der Waals surface area (Å²) >= 11 is 0. The second-order valence-electron chi connectivity index (χ2n) is 6.38. The maximum atomic E-state index is 12.3. The molecule has 0 aromatic heterocycles. The highest BCUT2D eigenvalue weighted by atomic mass is 16.5. The van der Waals surface area contributed by atoms with Gasteiger partial charge in [0.05, 0.1) is 0 Å². The zero-order valence-electron chi connectivity index (χ0n) is 15.7. The topological polar surface area (TPSA) is 83.0 Å². The van der Waals surface area contributed by atoms with Crippen LogP contribution in [0.5, 0.6) is 0 Å². The molecule has 2 atom stereocenters. The molecule has 6 heteroatoms. The van der Waals surface area contributed by atoms with Gasteiger partial charge in [-0.05, 0) is 25.1 Å². The Morgan fingerprint density at radius 1 is 1.07 bits per heavy atom. The molecule has 0 spiro atoms. The van der Waals surface area contributed by atoms with E-state index in [4.69, 9.17) is 10.3 Å². The molecule has 0 saturated heterocycles. The third-order valence-corrected chi connectivity index (χ3v) is 4.40. The molecule has 140 valence electrons. The summed E-state index contributed by atoms with van der Waals surface area (Å²) in [6.07, 6.45) is -0.636. The Hall–Kier alpha value is -3.08. The van der Waals surface area contributed by atoms with Gasteiger partial charge in [-0.25, -0.2) is 4.79 Å². The van der Waals surface area contributed by atoms with Gasteiger partial charge in [-0.1, -0.05) is 60.7 Å². The number of ether oxygens (including phenoxy) is 1. The van der Waals surface area contributed by atoms with E-state index in [9.17, 15) is 9.59 Å². The molecule has 2 rings (SSSR count). The van der Waals surface area contributed by atoms with Crippen LogP contribution in [0, 0.1) is 0 Å². The van der Waals surface area contributed by atoms with Crippen molar-refractivity contribution in [2.75, 3.05) is 7.05 Å². The number of benzene rings is 2. The Kier molecular flexibility index (Phi) is 7.17. The molecule has 0 N–H and O–H groups in total. The largest absolute Gasteiger partial charge is 0.447 e. The molecule has 0 aliphatic carbocycles. The monoisotopic (exact) mass is 365 g/mol. The Morgan fingerprint density at radius 2 is 1.63 bits per heavy atom. The lowest BCUT2D eigenvalue weighted by molar-refractivity contribution is -0.150. The first-order valence-electron chi connectivity index (χ1n) is 8.67. The van der Waals surface area contributed by atoms with Gasteiger partial charge >= 0.3 is 11.7 Å². The number of carbonyl (C=O) groups excluding carboxylic acids is 2. The highest BCUT2D eigenvalue weighted by molar-refractivity contribution is 6.61. The first kappa shape index (κ1) is 20.2. The van der Waals surface area contributed by atoms with Gasteiger partial charge in [0.2, 0.25) is 5.78 Å². The second kappa shape index (κ2) is 9.57. The van der Waals surface area contributed by atoms with E-state index in [2.05, 4.69) is 9.69 Å². The van der Waals surface area contributed by atoms with Crippen LogP contribution in [-0.4, -0.2) is 40.2 Å². The Balaban J connectivity index is 2.25. The minimum absolute atomic E-state index is 0.191. The first-order valence-corrected chi connectivity index (χ1v) is 8.67. The van der Waals surface area contributed by atoms with Gasteiger partial charge < -0.3 is 10.3 Å². The number of esters is 1. The van der Waals surface area contributed by atoms with Gasteiger partial charge in [0.1, 0.15) is 6.10 Å². The van der Waals surface area contributed by atoms with Gasteiger partial charge in [0, 0.05) is 19.5 Å². The molecule has 0 bridgehead atoms. The van der Waals surface area contributed by atoms with E-state index in [1.165, 1.54) is 0 Å². The first-order chi connectivity index (χ1) is 12.9. The van der Waals surface area contributed by atoms with Gasteiger partial charge in [0.15, 0.2) is 0 Å². The predicted octanol–water partition coefficient (Wildman–Crippen LogP) is 3.05. The van der Waals surface area contributed by atoms with Crippen molar-refractivity contribution in [3.8, 4) is 0 Å². The fourth-order valence-electron chi connectivity index (χ4n) is 2.76. The minimum Gasteiger partial charge on any atom is -0.447 e. The van der Waals surface area contributed by atoms with Crippen molar-refractivity contribution in [1.29, 1.82) is 0 Å². The molecule has 2 aromatic carbocycles. The molecular weight excluding hydrogens is 342 g/mol. The quantitative estimate of drug-likeness (QED) is 0.237. The molecular formula is C21H23N3O3. The molecule has 2 aromatic rings. The van der Waals surface area contributed by atoms with E-state index in [-0.39, 0.29) is 6.04 Å². The predicted molar refractivity (Wildman–Crippen MR) is 102 cm³/mol. The number of ketones is 1. The van der Waals surface area contributed by atoms with Crippen LogP contribution in [0.15, 0.2) is 60.7 Å². The molecule has 0 fully saturated rings. The van der Waals surface area contributed by atoms with Crippen LogP contribution in [-0.2, 0) is 20.9 Å². The highest BCUT2D eigenvalue weighted by Gasteiger charge is 2.34. The number of hydrogen-bond acceptors (Lipinski definition) is 4. The van der Waals surface area contributed by atoms with Crippen molar-refractivity contribution in [2.24, 2.45) is 0 Å². The third-order valence-electron chi connectivity index (χ3n) is 4.40. The molecule has 0 unspecified atom stereocenters. The van der Waals surface area contributed by atoms with Crippen molar-refractivity contribution in [2.45, 2.75) is 32.5 Å². The summed E-state index contributed by atoms with van der Waals surface area (Å²) in [5.74, 6) is -1.60. The Bertz CT molecular complexity index is 830. The number of nitrogens with zero attached hydrogens (tertiary/aromatic N) is 3. The molecule has 6 nitrogen and oxygen atoms in total. The van der Waals surface area contributed by atoms with Crippen molar-refractivity contribution < 1.29 is 19.1 Å². The summed E-state index contributed by atoms with van der Waals surface area (Å²) in [5.41, 5.74) is 10.3. The molecule has 27 heavy (non-hydrogen) atoms. The zero-order chi connectivity index (χ0) is 19.8. The van der Waals surface area contributed by atoms with Crippen molar-refractivity contribution >= 4 is 17.5 Å². The molecule has 0 amide bonds. The van der Waals surface area contributed by atoms with Crippen LogP contribution >= 0.6 is 0 Å². The number of likely N-dealkylation sites (N-methyl/N-ethyl adjacent to an activating group) is 1. The van der Waals surface area contributed by atoms with Crippen LogP contribution in [0.4, 0.5) is 0 Å². The van der Waals surface area contributed by atoms with Gasteiger partial charge in [0.25, 0.3) is 0 Å². The van der Waals surface area contributed by atoms with Gasteiger partial charge in [-0.3, -0.25) is 9.69 Å². The Labute approximate surface area is 159 Å². The number of rotatable bonds is 8.